The van der Waals surface area contributed by atoms with E-state index in [-0.39, 0.29) is 17.9 Å². The van der Waals surface area contributed by atoms with Gasteiger partial charge in [0.2, 0.25) is 0 Å². The number of rotatable bonds is 8. The molecule has 2 fully saturated rings. The number of hydrogen-bond acceptors (Lipinski definition) is 5. The van der Waals surface area contributed by atoms with Gasteiger partial charge in [-0.3, -0.25) is 0 Å². The van der Waals surface area contributed by atoms with Crippen LogP contribution in [0.2, 0.25) is 0 Å². The minimum atomic E-state index is -0.144. The van der Waals surface area contributed by atoms with E-state index in [1.165, 1.54) is 12.2 Å². The zero-order chi connectivity index (χ0) is 15.1. The SMILES string of the molecule is CCNC(C1CCOC2(CCSC2)C1)C(OCC)OCC. The number of ether oxygens (including phenoxy) is 3. The second-order valence-corrected chi connectivity index (χ2v) is 7.05. The third-order valence-corrected chi connectivity index (χ3v) is 5.72. The molecule has 21 heavy (non-hydrogen) atoms. The summed E-state index contributed by atoms with van der Waals surface area (Å²) in [5.74, 6) is 2.95. The molecule has 3 atom stereocenters. The van der Waals surface area contributed by atoms with E-state index in [9.17, 15) is 0 Å². The maximum absolute atomic E-state index is 6.15. The fourth-order valence-corrected chi connectivity index (χ4v) is 4.92. The third-order valence-electron chi connectivity index (χ3n) is 4.50. The molecule has 0 aliphatic carbocycles. The molecule has 0 aromatic heterocycles. The molecule has 1 N–H and O–H groups in total. The van der Waals surface area contributed by atoms with E-state index in [2.05, 4.69) is 12.2 Å². The number of thioether (sulfide) groups is 1. The zero-order valence-electron chi connectivity index (χ0n) is 13.7. The van der Waals surface area contributed by atoms with Crippen molar-refractivity contribution in [2.45, 2.75) is 58.0 Å². The molecule has 0 saturated carbocycles. The maximum atomic E-state index is 6.15. The summed E-state index contributed by atoms with van der Waals surface area (Å²) < 4.78 is 17.9. The number of nitrogens with one attached hydrogen (secondary N) is 1. The van der Waals surface area contributed by atoms with Crippen LogP contribution < -0.4 is 5.32 Å². The van der Waals surface area contributed by atoms with Gasteiger partial charge in [-0.1, -0.05) is 6.92 Å². The van der Waals surface area contributed by atoms with E-state index >= 15 is 0 Å². The average molecular weight is 317 g/mol. The van der Waals surface area contributed by atoms with Gasteiger partial charge in [0.1, 0.15) is 0 Å². The Morgan fingerprint density at radius 1 is 1.29 bits per heavy atom. The van der Waals surface area contributed by atoms with Gasteiger partial charge in [-0.05, 0) is 51.3 Å². The van der Waals surface area contributed by atoms with Gasteiger partial charge in [-0.15, -0.1) is 0 Å². The lowest BCUT2D eigenvalue weighted by Crippen LogP contribution is -2.53. The molecule has 124 valence electrons. The van der Waals surface area contributed by atoms with E-state index in [0.717, 1.165) is 31.7 Å². The maximum Gasteiger partial charge on any atom is 0.172 e. The fourth-order valence-electron chi connectivity index (χ4n) is 3.54. The van der Waals surface area contributed by atoms with Crippen LogP contribution in [0.25, 0.3) is 0 Å². The lowest BCUT2D eigenvalue weighted by Gasteiger charge is -2.43. The second kappa shape index (κ2) is 8.73. The predicted octanol–water partition coefficient (Wildman–Crippen LogP) is 2.67. The first-order valence-electron chi connectivity index (χ1n) is 8.43. The standard InChI is InChI=1S/C16H31NO3S/c1-4-17-14(15(18-5-2)19-6-3)13-7-9-20-16(11-13)8-10-21-12-16/h13-15,17H,4-12H2,1-3H3. The first kappa shape index (κ1) is 17.5. The van der Waals surface area contributed by atoms with Gasteiger partial charge in [-0.25, -0.2) is 0 Å². The molecule has 1 spiro atoms. The summed E-state index contributed by atoms with van der Waals surface area (Å²) in [5.41, 5.74) is 0.115. The van der Waals surface area contributed by atoms with Crippen LogP contribution in [0.1, 0.15) is 40.0 Å². The van der Waals surface area contributed by atoms with Crippen molar-refractivity contribution in [2.75, 3.05) is 37.9 Å². The van der Waals surface area contributed by atoms with E-state index in [4.69, 9.17) is 14.2 Å². The predicted molar refractivity (Wildman–Crippen MR) is 87.9 cm³/mol. The van der Waals surface area contributed by atoms with Crippen molar-refractivity contribution in [3.63, 3.8) is 0 Å². The highest BCUT2D eigenvalue weighted by molar-refractivity contribution is 7.99. The Morgan fingerprint density at radius 2 is 2.05 bits per heavy atom. The largest absolute Gasteiger partial charge is 0.374 e. The van der Waals surface area contributed by atoms with Gasteiger partial charge in [-0.2, -0.15) is 11.8 Å². The van der Waals surface area contributed by atoms with Gasteiger partial charge >= 0.3 is 0 Å². The summed E-state index contributed by atoms with van der Waals surface area (Å²) >= 11 is 2.03. The second-order valence-electron chi connectivity index (χ2n) is 5.95. The van der Waals surface area contributed by atoms with Crippen LogP contribution in [0.3, 0.4) is 0 Å². The molecule has 0 radical (unpaired) electrons. The van der Waals surface area contributed by atoms with Crippen molar-refractivity contribution < 1.29 is 14.2 Å². The van der Waals surface area contributed by atoms with Gasteiger partial charge in [0, 0.05) is 25.6 Å². The third kappa shape index (κ3) is 4.58. The summed E-state index contributed by atoms with van der Waals surface area (Å²) in [6.45, 7) is 9.43. The van der Waals surface area contributed by atoms with E-state index in [0.29, 0.717) is 19.1 Å². The lowest BCUT2D eigenvalue weighted by atomic mass is 9.81. The van der Waals surface area contributed by atoms with Crippen molar-refractivity contribution >= 4 is 11.8 Å². The van der Waals surface area contributed by atoms with Crippen LogP contribution >= 0.6 is 11.8 Å². The molecule has 2 aliphatic rings. The smallest absolute Gasteiger partial charge is 0.172 e. The first-order chi connectivity index (χ1) is 10.2. The average Bonchev–Trinajstić information content (AvgIpc) is 2.92. The van der Waals surface area contributed by atoms with Gasteiger partial charge in [0.05, 0.1) is 11.6 Å². The van der Waals surface area contributed by atoms with E-state index < -0.39 is 0 Å². The summed E-state index contributed by atoms with van der Waals surface area (Å²) in [6.07, 6.45) is 3.28. The highest BCUT2D eigenvalue weighted by atomic mass is 32.2. The Bertz CT molecular complexity index is 291. The highest BCUT2D eigenvalue weighted by Gasteiger charge is 2.44. The molecule has 4 nitrogen and oxygen atoms in total. The minimum absolute atomic E-state index is 0.115. The van der Waals surface area contributed by atoms with Crippen LogP contribution in [0.4, 0.5) is 0 Å². The molecule has 0 aromatic rings. The molecule has 2 aliphatic heterocycles. The Hall–Kier alpha value is 0.190. The topological polar surface area (TPSA) is 39.7 Å². The van der Waals surface area contributed by atoms with Crippen LogP contribution in [0, 0.1) is 5.92 Å². The Morgan fingerprint density at radius 3 is 2.62 bits per heavy atom. The fraction of sp³-hybridized carbons (Fsp3) is 1.00. The summed E-state index contributed by atoms with van der Waals surface area (Å²) in [6, 6.07) is 0.265. The minimum Gasteiger partial charge on any atom is -0.374 e. The lowest BCUT2D eigenvalue weighted by molar-refractivity contribution is -0.176. The molecule has 0 aromatic carbocycles. The molecule has 5 heteroatoms. The monoisotopic (exact) mass is 317 g/mol. The summed E-state index contributed by atoms with van der Waals surface area (Å²) in [5, 5.41) is 3.62. The van der Waals surface area contributed by atoms with E-state index in [1.807, 2.05) is 25.6 Å². The highest BCUT2D eigenvalue weighted by Crippen LogP contribution is 2.41. The zero-order valence-corrected chi connectivity index (χ0v) is 14.5. The van der Waals surface area contributed by atoms with E-state index in [1.54, 1.807) is 0 Å². The molecule has 0 amide bonds. The first-order valence-corrected chi connectivity index (χ1v) is 9.58. The van der Waals surface area contributed by atoms with Crippen LogP contribution in [-0.2, 0) is 14.2 Å². The molecule has 3 unspecified atom stereocenters. The molecule has 2 heterocycles. The summed E-state index contributed by atoms with van der Waals surface area (Å²) in [4.78, 5) is 0. The molecule has 2 rings (SSSR count). The van der Waals surface area contributed by atoms with Crippen LogP contribution in [-0.4, -0.2) is 55.8 Å². The number of likely N-dealkylation sites (N-methyl/N-ethyl adjacent to an activating group) is 1. The molecule has 0 bridgehead atoms. The molecule has 2 saturated heterocycles. The Kier molecular flexibility index (Phi) is 7.29. The van der Waals surface area contributed by atoms with Gasteiger partial charge < -0.3 is 19.5 Å². The van der Waals surface area contributed by atoms with Crippen molar-refractivity contribution in [3.05, 3.63) is 0 Å². The van der Waals surface area contributed by atoms with Crippen molar-refractivity contribution in [1.29, 1.82) is 0 Å². The quantitative estimate of drug-likeness (QED) is 0.697. The molecular weight excluding hydrogens is 286 g/mol. The molecular formula is C16H31NO3S. The Balaban J connectivity index is 2.04. The van der Waals surface area contributed by atoms with Crippen LogP contribution in [0.5, 0.6) is 0 Å². The van der Waals surface area contributed by atoms with Crippen molar-refractivity contribution in [1.82, 2.24) is 5.32 Å². The normalized spacial score (nSPS) is 31.1. The van der Waals surface area contributed by atoms with Gasteiger partial charge in [0.25, 0.3) is 0 Å². The van der Waals surface area contributed by atoms with Crippen molar-refractivity contribution in [3.8, 4) is 0 Å². The van der Waals surface area contributed by atoms with Crippen molar-refractivity contribution in [2.24, 2.45) is 5.92 Å². The summed E-state index contributed by atoms with van der Waals surface area (Å²) in [7, 11) is 0. The van der Waals surface area contributed by atoms with Crippen LogP contribution in [0.15, 0.2) is 0 Å². The Labute approximate surface area is 133 Å². The van der Waals surface area contributed by atoms with Gasteiger partial charge in [0.15, 0.2) is 6.29 Å². The number of hydrogen-bond donors (Lipinski definition) is 1.